The fourth-order valence-electron chi connectivity index (χ4n) is 7.10. The second kappa shape index (κ2) is 52.4. The zero-order chi connectivity index (χ0) is 44.9. The van der Waals surface area contributed by atoms with E-state index < -0.39 is 6.10 Å². The molecule has 0 bridgehead atoms. The number of rotatable bonds is 47. The van der Waals surface area contributed by atoms with E-state index in [0.29, 0.717) is 19.4 Å². The van der Waals surface area contributed by atoms with Crippen LogP contribution in [0.5, 0.6) is 0 Å². The predicted molar refractivity (Wildman–Crippen MR) is 270 cm³/mol. The van der Waals surface area contributed by atoms with Gasteiger partial charge in [-0.3, -0.25) is 9.59 Å². The van der Waals surface area contributed by atoms with Crippen molar-refractivity contribution in [1.82, 2.24) is 0 Å². The predicted octanol–water partition coefficient (Wildman–Crippen LogP) is 17.7. The third-order valence-electron chi connectivity index (χ3n) is 10.9. The molecular formula is C57H98O5. The Morgan fingerprint density at radius 2 is 0.726 bits per heavy atom. The summed E-state index contributed by atoms with van der Waals surface area (Å²) in [5.41, 5.74) is 0. The van der Waals surface area contributed by atoms with E-state index in [4.69, 9.17) is 14.2 Å². The van der Waals surface area contributed by atoms with Gasteiger partial charge in [0.25, 0.3) is 0 Å². The van der Waals surface area contributed by atoms with Crippen molar-refractivity contribution in [2.45, 2.75) is 245 Å². The third-order valence-corrected chi connectivity index (χ3v) is 10.9. The summed E-state index contributed by atoms with van der Waals surface area (Å²) in [5, 5.41) is 0. The summed E-state index contributed by atoms with van der Waals surface area (Å²) in [4.78, 5) is 25.4. The molecule has 1 atom stereocenters. The zero-order valence-electron chi connectivity index (χ0n) is 40.9. The van der Waals surface area contributed by atoms with Gasteiger partial charge in [-0.15, -0.1) is 0 Å². The molecule has 5 nitrogen and oxygen atoms in total. The maximum Gasteiger partial charge on any atom is 0.306 e. The number of unbranched alkanes of at least 4 members (excludes halogenated alkanes) is 22. The summed E-state index contributed by atoms with van der Waals surface area (Å²) in [6, 6.07) is 0. The number of hydrogen-bond donors (Lipinski definition) is 0. The summed E-state index contributed by atoms with van der Waals surface area (Å²) < 4.78 is 17.4. The van der Waals surface area contributed by atoms with E-state index in [1.165, 1.54) is 103 Å². The van der Waals surface area contributed by atoms with Gasteiger partial charge in [0.05, 0.1) is 6.61 Å². The maximum atomic E-state index is 12.8. The third kappa shape index (κ3) is 49.7. The molecule has 0 aromatic carbocycles. The van der Waals surface area contributed by atoms with Crippen LogP contribution in [0.3, 0.4) is 0 Å². The Balaban J connectivity index is 4.35. The van der Waals surface area contributed by atoms with E-state index >= 15 is 0 Å². The number of carbonyl (C=O) groups excluding carboxylic acids is 2. The number of ether oxygens (including phenoxy) is 3. The maximum absolute atomic E-state index is 12.8. The van der Waals surface area contributed by atoms with Crippen molar-refractivity contribution < 1.29 is 23.8 Å². The number of esters is 2. The lowest BCUT2D eigenvalue weighted by Crippen LogP contribution is -2.30. The molecule has 0 saturated carbocycles. The molecule has 0 spiro atoms. The van der Waals surface area contributed by atoms with Crippen molar-refractivity contribution in [1.29, 1.82) is 0 Å². The summed E-state index contributed by atoms with van der Waals surface area (Å²) >= 11 is 0. The summed E-state index contributed by atoms with van der Waals surface area (Å²) in [6.07, 6.45) is 68.8. The standard InChI is InChI=1S/C57H98O5/c1-4-7-10-13-16-19-22-25-28-31-34-37-40-43-46-49-52-60-53-55(62-57(59)51-48-45-42-39-36-33-30-27-24-21-18-15-12-9-6-3)54-61-56(58)50-47-44-41-38-35-32-29-26-23-20-17-14-11-8-5-2/h8-9,11-12,17-18,20-21,26-27,29-30,35,38,55H,4-7,10,13-16,19,22-25,28,31-34,36-37,39-54H2,1-3H3/b11-8-,12-9-,20-17-,21-18-,29-26-,30-27-,38-35-. The van der Waals surface area contributed by atoms with Crippen LogP contribution in [-0.4, -0.2) is 37.9 Å². The van der Waals surface area contributed by atoms with Crippen LogP contribution >= 0.6 is 0 Å². The Morgan fingerprint density at radius 1 is 0.371 bits per heavy atom. The Morgan fingerprint density at radius 3 is 1.19 bits per heavy atom. The summed E-state index contributed by atoms with van der Waals surface area (Å²) in [7, 11) is 0. The van der Waals surface area contributed by atoms with Gasteiger partial charge in [-0.1, -0.05) is 221 Å². The average molecular weight is 863 g/mol. The van der Waals surface area contributed by atoms with Crippen molar-refractivity contribution in [3.63, 3.8) is 0 Å². The highest BCUT2D eigenvalue weighted by atomic mass is 16.6. The number of carbonyl (C=O) groups is 2. The molecule has 0 heterocycles. The molecule has 0 rings (SSSR count). The Labute approximate surface area is 384 Å². The lowest BCUT2D eigenvalue weighted by Gasteiger charge is -2.18. The molecule has 0 aliphatic carbocycles. The Bertz CT molecular complexity index is 1160. The molecule has 356 valence electrons. The normalized spacial score (nSPS) is 12.9. The highest BCUT2D eigenvalue weighted by Gasteiger charge is 2.17. The summed E-state index contributed by atoms with van der Waals surface area (Å²) in [5.74, 6) is -0.462. The van der Waals surface area contributed by atoms with Crippen LogP contribution in [0.2, 0.25) is 0 Å². The molecule has 0 saturated heterocycles. The van der Waals surface area contributed by atoms with Gasteiger partial charge in [0, 0.05) is 19.4 Å². The smallest absolute Gasteiger partial charge is 0.306 e. The van der Waals surface area contributed by atoms with E-state index in [0.717, 1.165) is 103 Å². The van der Waals surface area contributed by atoms with Crippen LogP contribution in [0.1, 0.15) is 239 Å². The van der Waals surface area contributed by atoms with E-state index in [2.05, 4.69) is 106 Å². The largest absolute Gasteiger partial charge is 0.462 e. The van der Waals surface area contributed by atoms with Gasteiger partial charge in [-0.05, 0) is 89.9 Å². The Hall–Kier alpha value is -2.92. The van der Waals surface area contributed by atoms with E-state index in [9.17, 15) is 9.59 Å². The highest BCUT2D eigenvalue weighted by Crippen LogP contribution is 2.15. The second-order valence-electron chi connectivity index (χ2n) is 17.0. The first-order valence-corrected chi connectivity index (χ1v) is 26.1. The van der Waals surface area contributed by atoms with Crippen molar-refractivity contribution >= 4 is 11.9 Å². The fourth-order valence-corrected chi connectivity index (χ4v) is 7.10. The molecule has 5 heteroatoms. The van der Waals surface area contributed by atoms with Gasteiger partial charge < -0.3 is 14.2 Å². The quantitative estimate of drug-likeness (QED) is 0.0346. The molecule has 0 radical (unpaired) electrons. The molecule has 0 amide bonds. The molecular weight excluding hydrogens is 765 g/mol. The molecule has 1 unspecified atom stereocenters. The minimum Gasteiger partial charge on any atom is -0.462 e. The Kier molecular flexibility index (Phi) is 50.0. The minimum absolute atomic E-state index is 0.0552. The minimum atomic E-state index is -0.564. The number of hydrogen-bond acceptors (Lipinski definition) is 5. The monoisotopic (exact) mass is 863 g/mol. The topological polar surface area (TPSA) is 61.8 Å². The second-order valence-corrected chi connectivity index (χ2v) is 17.0. The first-order chi connectivity index (χ1) is 30.6. The lowest BCUT2D eigenvalue weighted by atomic mass is 10.0. The van der Waals surface area contributed by atoms with Crippen LogP contribution in [0.15, 0.2) is 85.1 Å². The van der Waals surface area contributed by atoms with Crippen LogP contribution in [0, 0.1) is 0 Å². The SMILES string of the molecule is CC/C=C\C/C=C\C/C=C\C/C=C\CCCCC(=O)OCC(COCCCCCCCCCCCCCCCCCC)OC(=O)CCCCCCC/C=C\C/C=C\C/C=C\CC. The van der Waals surface area contributed by atoms with E-state index in [1.807, 2.05) is 0 Å². The molecule has 62 heavy (non-hydrogen) atoms. The first kappa shape index (κ1) is 59.1. The zero-order valence-corrected chi connectivity index (χ0v) is 40.9. The van der Waals surface area contributed by atoms with Gasteiger partial charge in [0.2, 0.25) is 0 Å². The molecule has 0 N–H and O–H groups in total. The lowest BCUT2D eigenvalue weighted by molar-refractivity contribution is -0.163. The van der Waals surface area contributed by atoms with Crippen molar-refractivity contribution in [3.05, 3.63) is 85.1 Å². The van der Waals surface area contributed by atoms with Crippen LogP contribution in [-0.2, 0) is 23.8 Å². The molecule has 0 aromatic rings. The van der Waals surface area contributed by atoms with Gasteiger partial charge in [-0.25, -0.2) is 0 Å². The van der Waals surface area contributed by atoms with Crippen LogP contribution in [0.4, 0.5) is 0 Å². The first-order valence-electron chi connectivity index (χ1n) is 26.1. The highest BCUT2D eigenvalue weighted by molar-refractivity contribution is 5.70. The molecule has 0 aliphatic rings. The van der Waals surface area contributed by atoms with Crippen molar-refractivity contribution in [2.24, 2.45) is 0 Å². The number of allylic oxidation sites excluding steroid dienone is 14. The van der Waals surface area contributed by atoms with Crippen molar-refractivity contribution in [2.75, 3.05) is 19.8 Å². The molecule has 0 aliphatic heterocycles. The van der Waals surface area contributed by atoms with Gasteiger partial charge in [0.1, 0.15) is 6.61 Å². The average Bonchev–Trinajstić information content (AvgIpc) is 3.27. The van der Waals surface area contributed by atoms with Gasteiger partial charge in [-0.2, -0.15) is 0 Å². The van der Waals surface area contributed by atoms with Gasteiger partial charge >= 0.3 is 11.9 Å². The van der Waals surface area contributed by atoms with E-state index in [1.54, 1.807) is 0 Å². The molecule has 0 aromatic heterocycles. The molecule has 0 fully saturated rings. The fraction of sp³-hybridized carbons (Fsp3) is 0.719. The summed E-state index contributed by atoms with van der Waals surface area (Å²) in [6.45, 7) is 7.56. The van der Waals surface area contributed by atoms with Crippen LogP contribution in [0.25, 0.3) is 0 Å². The van der Waals surface area contributed by atoms with Crippen molar-refractivity contribution in [3.8, 4) is 0 Å². The van der Waals surface area contributed by atoms with Crippen LogP contribution < -0.4 is 0 Å². The van der Waals surface area contributed by atoms with E-state index in [-0.39, 0.29) is 25.2 Å². The van der Waals surface area contributed by atoms with Gasteiger partial charge in [0.15, 0.2) is 6.10 Å².